The van der Waals surface area contributed by atoms with Gasteiger partial charge in [-0.25, -0.2) is 4.79 Å². The Morgan fingerprint density at radius 1 is 1.00 bits per heavy atom. The van der Waals surface area contributed by atoms with Crippen LogP contribution in [-0.4, -0.2) is 18.9 Å². The van der Waals surface area contributed by atoms with E-state index >= 15 is 0 Å². The molecule has 0 saturated carbocycles. The van der Waals surface area contributed by atoms with Crippen molar-refractivity contribution in [1.82, 2.24) is 0 Å². The van der Waals surface area contributed by atoms with E-state index in [0.717, 1.165) is 5.56 Å². The molecule has 2 aromatic carbocycles. The van der Waals surface area contributed by atoms with Crippen LogP contribution in [0.3, 0.4) is 0 Å². The number of ether oxygens (including phenoxy) is 2. The number of methoxy groups -OCH3 is 1. The molecule has 21 heavy (non-hydrogen) atoms. The summed E-state index contributed by atoms with van der Waals surface area (Å²) in [7, 11) is 1.46. The normalized spacial score (nSPS) is 10.0. The minimum Gasteiger partial charge on any atom is -0.493 e. The van der Waals surface area contributed by atoms with E-state index < -0.39 is 5.97 Å². The van der Waals surface area contributed by atoms with E-state index in [1.807, 2.05) is 19.1 Å². The van der Waals surface area contributed by atoms with Gasteiger partial charge in [-0.2, -0.15) is 0 Å². The molecule has 0 aromatic heterocycles. The van der Waals surface area contributed by atoms with Crippen LogP contribution in [0.5, 0.6) is 11.5 Å². The summed E-state index contributed by atoms with van der Waals surface area (Å²) in [4.78, 5) is 23.5. The van der Waals surface area contributed by atoms with Crippen LogP contribution in [-0.2, 0) is 0 Å². The van der Waals surface area contributed by atoms with E-state index in [9.17, 15) is 9.59 Å². The molecule has 0 fully saturated rings. The van der Waals surface area contributed by atoms with Gasteiger partial charge in [0, 0.05) is 5.56 Å². The quantitative estimate of drug-likeness (QED) is 0.490. The molecule has 0 aliphatic carbocycles. The molecule has 0 aliphatic rings. The largest absolute Gasteiger partial charge is 0.493 e. The standard InChI is InChI=1S/C17H16O4/c1-11-6-4-5-7-14(11)17(19)21-15-9-8-13(12(2)18)10-16(15)20-3/h4-10H,1-3H3. The molecule has 0 amide bonds. The van der Waals surface area contributed by atoms with Crippen molar-refractivity contribution < 1.29 is 19.1 Å². The third kappa shape index (κ3) is 3.28. The summed E-state index contributed by atoms with van der Waals surface area (Å²) in [6, 6.07) is 11.9. The zero-order valence-electron chi connectivity index (χ0n) is 12.2. The van der Waals surface area contributed by atoms with Crippen LogP contribution in [0.25, 0.3) is 0 Å². The Kier molecular flexibility index (Phi) is 4.38. The maximum Gasteiger partial charge on any atom is 0.343 e. The van der Waals surface area contributed by atoms with Crippen molar-refractivity contribution in [1.29, 1.82) is 0 Å². The van der Waals surface area contributed by atoms with Crippen LogP contribution in [0.2, 0.25) is 0 Å². The highest BCUT2D eigenvalue weighted by Gasteiger charge is 2.15. The molecule has 0 N–H and O–H groups in total. The lowest BCUT2D eigenvalue weighted by atomic mass is 10.1. The number of rotatable bonds is 4. The van der Waals surface area contributed by atoms with Crippen LogP contribution >= 0.6 is 0 Å². The lowest BCUT2D eigenvalue weighted by molar-refractivity contribution is 0.0729. The minimum absolute atomic E-state index is 0.0786. The summed E-state index contributed by atoms with van der Waals surface area (Å²) in [6.07, 6.45) is 0. The number of esters is 1. The third-order valence-corrected chi connectivity index (χ3v) is 3.14. The molecule has 4 nitrogen and oxygen atoms in total. The SMILES string of the molecule is COc1cc(C(C)=O)ccc1OC(=O)c1ccccc1C. The van der Waals surface area contributed by atoms with E-state index in [2.05, 4.69) is 0 Å². The Bertz CT molecular complexity index is 689. The Morgan fingerprint density at radius 2 is 1.71 bits per heavy atom. The Hall–Kier alpha value is -2.62. The van der Waals surface area contributed by atoms with Gasteiger partial charge in [0.05, 0.1) is 12.7 Å². The highest BCUT2D eigenvalue weighted by molar-refractivity contribution is 5.95. The molecule has 0 heterocycles. The van der Waals surface area contributed by atoms with E-state index in [1.54, 1.807) is 30.3 Å². The van der Waals surface area contributed by atoms with Crippen LogP contribution in [0.15, 0.2) is 42.5 Å². The predicted molar refractivity (Wildman–Crippen MR) is 79.1 cm³/mol. The first kappa shape index (κ1) is 14.8. The molecule has 2 rings (SSSR count). The van der Waals surface area contributed by atoms with Crippen molar-refractivity contribution in [3.05, 3.63) is 59.2 Å². The van der Waals surface area contributed by atoms with Crippen LogP contribution < -0.4 is 9.47 Å². The maximum absolute atomic E-state index is 12.2. The first-order valence-electron chi connectivity index (χ1n) is 6.49. The van der Waals surface area contributed by atoms with Crippen molar-refractivity contribution in [2.75, 3.05) is 7.11 Å². The van der Waals surface area contributed by atoms with E-state index in [4.69, 9.17) is 9.47 Å². The Morgan fingerprint density at radius 3 is 2.33 bits per heavy atom. The lowest BCUT2D eigenvalue weighted by Crippen LogP contribution is -2.11. The molecule has 0 saturated heterocycles. The Labute approximate surface area is 123 Å². The Balaban J connectivity index is 2.29. The van der Waals surface area contributed by atoms with Crippen molar-refractivity contribution in [3.63, 3.8) is 0 Å². The van der Waals surface area contributed by atoms with Gasteiger partial charge in [-0.05, 0) is 43.7 Å². The number of carbonyl (C=O) groups is 2. The minimum atomic E-state index is -0.457. The zero-order chi connectivity index (χ0) is 15.4. The van der Waals surface area contributed by atoms with Gasteiger partial charge in [0.15, 0.2) is 17.3 Å². The number of carbonyl (C=O) groups excluding carboxylic acids is 2. The summed E-state index contributed by atoms with van der Waals surface area (Å²) in [5.41, 5.74) is 1.83. The number of hydrogen-bond donors (Lipinski definition) is 0. The van der Waals surface area contributed by atoms with Gasteiger partial charge in [0.2, 0.25) is 0 Å². The molecule has 4 heteroatoms. The van der Waals surface area contributed by atoms with Crippen LogP contribution in [0.4, 0.5) is 0 Å². The molecule has 0 atom stereocenters. The number of Topliss-reactive ketones (excluding diaryl/α,β-unsaturated/α-hetero) is 1. The summed E-state index contributed by atoms with van der Waals surface area (Å²) in [6.45, 7) is 3.31. The van der Waals surface area contributed by atoms with Crippen molar-refractivity contribution >= 4 is 11.8 Å². The summed E-state index contributed by atoms with van der Waals surface area (Å²) >= 11 is 0. The highest BCUT2D eigenvalue weighted by atomic mass is 16.6. The summed E-state index contributed by atoms with van der Waals surface area (Å²) in [5.74, 6) is 0.104. The van der Waals surface area contributed by atoms with Crippen molar-refractivity contribution in [2.24, 2.45) is 0 Å². The fourth-order valence-electron chi connectivity index (χ4n) is 1.93. The number of hydrogen-bond acceptors (Lipinski definition) is 4. The molecule has 2 aromatic rings. The average molecular weight is 284 g/mol. The number of aryl methyl sites for hydroxylation is 1. The fourth-order valence-corrected chi connectivity index (χ4v) is 1.93. The molecular weight excluding hydrogens is 268 g/mol. The van der Waals surface area contributed by atoms with Crippen LogP contribution in [0, 0.1) is 6.92 Å². The second-order valence-corrected chi connectivity index (χ2v) is 4.63. The van der Waals surface area contributed by atoms with E-state index in [-0.39, 0.29) is 11.5 Å². The zero-order valence-corrected chi connectivity index (χ0v) is 12.2. The lowest BCUT2D eigenvalue weighted by Gasteiger charge is -2.11. The second-order valence-electron chi connectivity index (χ2n) is 4.63. The molecule has 0 unspecified atom stereocenters. The summed E-state index contributed by atoms with van der Waals surface area (Å²) in [5, 5.41) is 0. The predicted octanol–water partition coefficient (Wildman–Crippen LogP) is 3.43. The molecule has 0 spiro atoms. The first-order valence-corrected chi connectivity index (χ1v) is 6.49. The summed E-state index contributed by atoms with van der Waals surface area (Å²) < 4.78 is 10.5. The van der Waals surface area contributed by atoms with Gasteiger partial charge in [-0.1, -0.05) is 18.2 Å². The maximum atomic E-state index is 12.2. The smallest absolute Gasteiger partial charge is 0.343 e. The molecule has 0 aliphatic heterocycles. The highest BCUT2D eigenvalue weighted by Crippen LogP contribution is 2.29. The number of benzene rings is 2. The van der Waals surface area contributed by atoms with Gasteiger partial charge in [-0.15, -0.1) is 0 Å². The third-order valence-electron chi connectivity index (χ3n) is 3.14. The molecular formula is C17H16O4. The second kappa shape index (κ2) is 6.22. The molecule has 0 radical (unpaired) electrons. The van der Waals surface area contributed by atoms with E-state index in [0.29, 0.717) is 16.9 Å². The fraction of sp³-hybridized carbons (Fsp3) is 0.176. The van der Waals surface area contributed by atoms with Crippen molar-refractivity contribution in [3.8, 4) is 11.5 Å². The van der Waals surface area contributed by atoms with Crippen molar-refractivity contribution in [2.45, 2.75) is 13.8 Å². The van der Waals surface area contributed by atoms with E-state index in [1.165, 1.54) is 14.0 Å². The topological polar surface area (TPSA) is 52.6 Å². The molecule has 108 valence electrons. The van der Waals surface area contributed by atoms with Gasteiger partial charge in [0.25, 0.3) is 0 Å². The molecule has 0 bridgehead atoms. The van der Waals surface area contributed by atoms with Gasteiger partial charge < -0.3 is 9.47 Å². The van der Waals surface area contributed by atoms with Gasteiger partial charge in [0.1, 0.15) is 0 Å². The van der Waals surface area contributed by atoms with Gasteiger partial charge >= 0.3 is 5.97 Å². The number of ketones is 1. The first-order chi connectivity index (χ1) is 10.0. The van der Waals surface area contributed by atoms with Gasteiger partial charge in [-0.3, -0.25) is 4.79 Å². The average Bonchev–Trinajstić information content (AvgIpc) is 2.47. The van der Waals surface area contributed by atoms with Crippen LogP contribution in [0.1, 0.15) is 33.2 Å². The monoisotopic (exact) mass is 284 g/mol.